The third-order valence-corrected chi connectivity index (χ3v) is 5.17. The summed E-state index contributed by atoms with van der Waals surface area (Å²) >= 11 is 0. The molecule has 3 aliphatic heterocycles. The van der Waals surface area contributed by atoms with E-state index in [9.17, 15) is 9.59 Å². The molecule has 116 valence electrons. The van der Waals surface area contributed by atoms with Gasteiger partial charge in [-0.2, -0.15) is 0 Å². The van der Waals surface area contributed by atoms with Crippen molar-refractivity contribution in [1.82, 2.24) is 9.80 Å². The molecular weight excluding hydrogens is 280 g/mol. The number of benzene rings is 1. The first-order valence-electron chi connectivity index (χ1n) is 7.95. The standard InChI is InChI=1S/C17H20N2O3/c20-15(14-4-2-1-3-5-14)19-12-13-10-17(19,11-13)16(21)18-6-8-22-9-7-18/h1-5,13H,6-12H2. The lowest BCUT2D eigenvalue weighted by Gasteiger charge is -2.44. The second-order valence-electron chi connectivity index (χ2n) is 6.49. The first-order chi connectivity index (χ1) is 10.7. The van der Waals surface area contributed by atoms with Crippen LogP contribution in [0.2, 0.25) is 0 Å². The van der Waals surface area contributed by atoms with E-state index in [2.05, 4.69) is 0 Å². The van der Waals surface area contributed by atoms with Crippen LogP contribution in [0.4, 0.5) is 0 Å². The van der Waals surface area contributed by atoms with Gasteiger partial charge in [-0.3, -0.25) is 9.59 Å². The highest BCUT2D eigenvalue weighted by molar-refractivity contribution is 6.00. The van der Waals surface area contributed by atoms with Gasteiger partial charge in [0, 0.05) is 25.2 Å². The molecule has 4 fully saturated rings. The molecule has 3 heterocycles. The van der Waals surface area contributed by atoms with Gasteiger partial charge in [0.1, 0.15) is 5.54 Å². The molecule has 1 aliphatic carbocycles. The molecule has 0 atom stereocenters. The molecule has 1 aromatic carbocycles. The molecule has 2 bridgehead atoms. The van der Waals surface area contributed by atoms with E-state index in [1.54, 1.807) is 0 Å². The number of rotatable bonds is 2. The van der Waals surface area contributed by atoms with Gasteiger partial charge in [0.25, 0.3) is 5.91 Å². The zero-order chi connectivity index (χ0) is 15.2. The van der Waals surface area contributed by atoms with E-state index in [-0.39, 0.29) is 11.8 Å². The Balaban J connectivity index is 1.58. The number of amides is 2. The van der Waals surface area contributed by atoms with Crippen LogP contribution in [0, 0.1) is 5.92 Å². The first kappa shape index (κ1) is 13.8. The average molecular weight is 300 g/mol. The molecule has 22 heavy (non-hydrogen) atoms. The normalized spacial score (nSPS) is 30.1. The average Bonchev–Trinajstić information content (AvgIpc) is 3.11. The lowest BCUT2D eigenvalue weighted by atomic mass is 9.72. The Morgan fingerprint density at radius 1 is 1.09 bits per heavy atom. The SMILES string of the molecule is O=C(c1ccccc1)N1CC2CC1(C(=O)N1CCOCC1)C2. The summed E-state index contributed by atoms with van der Waals surface area (Å²) in [5.74, 6) is 0.591. The fourth-order valence-corrected chi connectivity index (χ4v) is 4.04. The molecule has 2 amide bonds. The molecule has 1 aromatic rings. The van der Waals surface area contributed by atoms with Gasteiger partial charge >= 0.3 is 0 Å². The molecule has 1 saturated carbocycles. The van der Waals surface area contributed by atoms with Gasteiger partial charge < -0.3 is 14.5 Å². The first-order valence-corrected chi connectivity index (χ1v) is 7.95. The topological polar surface area (TPSA) is 49.9 Å². The molecule has 5 nitrogen and oxygen atoms in total. The molecule has 5 heteroatoms. The van der Waals surface area contributed by atoms with E-state index in [1.807, 2.05) is 40.1 Å². The van der Waals surface area contributed by atoms with Crippen LogP contribution < -0.4 is 0 Å². The Morgan fingerprint density at radius 2 is 1.77 bits per heavy atom. The Morgan fingerprint density at radius 3 is 2.45 bits per heavy atom. The van der Waals surface area contributed by atoms with Crippen LogP contribution >= 0.6 is 0 Å². The smallest absolute Gasteiger partial charge is 0.254 e. The summed E-state index contributed by atoms with van der Waals surface area (Å²) in [6, 6.07) is 9.28. The van der Waals surface area contributed by atoms with E-state index in [0.717, 1.165) is 12.8 Å². The number of hydrogen-bond donors (Lipinski definition) is 0. The van der Waals surface area contributed by atoms with Gasteiger partial charge in [0.2, 0.25) is 5.91 Å². The zero-order valence-corrected chi connectivity index (χ0v) is 12.5. The van der Waals surface area contributed by atoms with Crippen LogP contribution in [0.5, 0.6) is 0 Å². The molecule has 3 saturated heterocycles. The van der Waals surface area contributed by atoms with E-state index < -0.39 is 5.54 Å². The number of carbonyl (C=O) groups is 2. The maximum absolute atomic E-state index is 13.0. The maximum Gasteiger partial charge on any atom is 0.254 e. The third kappa shape index (κ3) is 1.96. The van der Waals surface area contributed by atoms with Gasteiger partial charge in [-0.05, 0) is 30.9 Å². The number of ether oxygens (including phenoxy) is 1. The lowest BCUT2D eigenvalue weighted by molar-refractivity contribution is -0.148. The van der Waals surface area contributed by atoms with Crippen molar-refractivity contribution < 1.29 is 14.3 Å². The highest BCUT2D eigenvalue weighted by Crippen LogP contribution is 2.52. The van der Waals surface area contributed by atoms with Crippen molar-refractivity contribution in [2.45, 2.75) is 18.4 Å². The number of fused-ring (bicyclic) bond motifs is 1. The summed E-state index contributed by atoms with van der Waals surface area (Å²) in [6.45, 7) is 3.18. The third-order valence-electron chi connectivity index (χ3n) is 5.17. The number of nitrogens with zero attached hydrogens (tertiary/aromatic N) is 2. The fourth-order valence-electron chi connectivity index (χ4n) is 4.04. The van der Waals surface area contributed by atoms with Gasteiger partial charge in [0.05, 0.1) is 13.2 Å². The fraction of sp³-hybridized carbons (Fsp3) is 0.529. The minimum atomic E-state index is -0.588. The van der Waals surface area contributed by atoms with Crippen LogP contribution in [0.15, 0.2) is 30.3 Å². The quantitative estimate of drug-likeness (QED) is 0.823. The Kier molecular flexibility index (Phi) is 3.18. The summed E-state index contributed by atoms with van der Waals surface area (Å²) in [4.78, 5) is 29.5. The van der Waals surface area contributed by atoms with E-state index >= 15 is 0 Å². The number of morpholine rings is 1. The van der Waals surface area contributed by atoms with Crippen molar-refractivity contribution in [2.24, 2.45) is 5.92 Å². The van der Waals surface area contributed by atoms with Gasteiger partial charge in [0.15, 0.2) is 0 Å². The number of hydrogen-bond acceptors (Lipinski definition) is 3. The summed E-state index contributed by atoms with van der Waals surface area (Å²) in [7, 11) is 0. The second-order valence-corrected chi connectivity index (χ2v) is 6.49. The van der Waals surface area contributed by atoms with E-state index in [4.69, 9.17) is 4.74 Å². The molecule has 4 aliphatic rings. The minimum absolute atomic E-state index is 0.0118. The van der Waals surface area contributed by atoms with Crippen molar-refractivity contribution in [3.63, 3.8) is 0 Å². The van der Waals surface area contributed by atoms with Gasteiger partial charge in [-0.15, -0.1) is 0 Å². The second kappa shape index (κ2) is 5.09. The maximum atomic E-state index is 13.0. The summed E-state index contributed by atoms with van der Waals surface area (Å²) < 4.78 is 5.33. The summed E-state index contributed by atoms with van der Waals surface area (Å²) in [5.41, 5.74) is 0.0822. The predicted octanol–water partition coefficient (Wildman–Crippen LogP) is 1.15. The predicted molar refractivity (Wildman–Crippen MR) is 80.3 cm³/mol. The Labute approximate surface area is 129 Å². The van der Waals surface area contributed by atoms with Gasteiger partial charge in [-0.25, -0.2) is 0 Å². The molecule has 0 spiro atoms. The highest BCUT2D eigenvalue weighted by Gasteiger charge is 2.63. The van der Waals surface area contributed by atoms with Crippen molar-refractivity contribution in [3.8, 4) is 0 Å². The van der Waals surface area contributed by atoms with Crippen LogP contribution in [0.3, 0.4) is 0 Å². The molecule has 0 aromatic heterocycles. The molecule has 5 rings (SSSR count). The molecule has 0 N–H and O–H groups in total. The molecular formula is C17H20N2O3. The van der Waals surface area contributed by atoms with Gasteiger partial charge in [-0.1, -0.05) is 18.2 Å². The molecule has 0 radical (unpaired) electrons. The number of carbonyl (C=O) groups excluding carboxylic acids is 2. The zero-order valence-electron chi connectivity index (χ0n) is 12.5. The monoisotopic (exact) mass is 300 g/mol. The van der Waals surface area contributed by atoms with Crippen LogP contribution in [0.1, 0.15) is 23.2 Å². The lowest BCUT2D eigenvalue weighted by Crippen LogP contribution is -2.61. The van der Waals surface area contributed by atoms with Crippen molar-refractivity contribution >= 4 is 11.8 Å². The highest BCUT2D eigenvalue weighted by atomic mass is 16.5. The van der Waals surface area contributed by atoms with Crippen LogP contribution in [-0.2, 0) is 9.53 Å². The van der Waals surface area contributed by atoms with E-state index in [0.29, 0.717) is 44.3 Å². The summed E-state index contributed by atoms with van der Waals surface area (Å²) in [5, 5.41) is 0. The van der Waals surface area contributed by atoms with Crippen molar-refractivity contribution in [3.05, 3.63) is 35.9 Å². The molecule has 0 unspecified atom stereocenters. The summed E-state index contributed by atoms with van der Waals surface area (Å²) in [6.07, 6.45) is 1.64. The Hall–Kier alpha value is -1.88. The van der Waals surface area contributed by atoms with Crippen molar-refractivity contribution in [2.75, 3.05) is 32.8 Å². The van der Waals surface area contributed by atoms with Crippen molar-refractivity contribution in [1.29, 1.82) is 0 Å². The van der Waals surface area contributed by atoms with Crippen LogP contribution in [0.25, 0.3) is 0 Å². The van der Waals surface area contributed by atoms with E-state index in [1.165, 1.54) is 0 Å². The Bertz CT molecular complexity index is 589. The minimum Gasteiger partial charge on any atom is -0.378 e. The largest absolute Gasteiger partial charge is 0.378 e. The van der Waals surface area contributed by atoms with Crippen LogP contribution in [-0.4, -0.2) is 60.0 Å².